The third-order valence-electron chi connectivity index (χ3n) is 7.87. The van der Waals surface area contributed by atoms with Crippen LogP contribution in [-0.2, 0) is 24.3 Å². The number of rotatable bonds is 15. The van der Waals surface area contributed by atoms with Crippen molar-refractivity contribution in [2.45, 2.75) is 70.9 Å². The van der Waals surface area contributed by atoms with E-state index in [0.29, 0.717) is 29.8 Å². The molecule has 0 aliphatic heterocycles. The molecule has 1 heterocycles. The van der Waals surface area contributed by atoms with Crippen molar-refractivity contribution in [3.8, 4) is 22.3 Å². The predicted octanol–water partition coefficient (Wildman–Crippen LogP) is 1.72. The van der Waals surface area contributed by atoms with Gasteiger partial charge in [0.2, 0.25) is 0 Å². The van der Waals surface area contributed by atoms with Gasteiger partial charge in [-0.2, -0.15) is 0 Å². The number of carboxylic acid groups (broad SMARTS) is 1. The maximum Gasteiger partial charge on any atom is 1.00 e. The number of benzene rings is 3. The number of aliphatic carboxylic acids is 1. The minimum absolute atomic E-state index is 0. The van der Waals surface area contributed by atoms with Gasteiger partial charge in [0.25, 0.3) is 5.91 Å². The third-order valence-corrected chi connectivity index (χ3v) is 7.87. The first kappa shape index (κ1) is 38.1. The third kappa shape index (κ3) is 10.3. The van der Waals surface area contributed by atoms with Crippen LogP contribution in [0.25, 0.3) is 22.3 Å². The number of aromatic nitrogens is 1. The molecule has 3 aromatic carbocycles. The molecule has 0 aliphatic rings. The van der Waals surface area contributed by atoms with E-state index in [-0.39, 0.29) is 60.2 Å². The average Bonchev–Trinajstić information content (AvgIpc) is 3.35. The van der Waals surface area contributed by atoms with Gasteiger partial charge in [0.1, 0.15) is 11.5 Å². The number of aliphatic hydroxyl groups is 2. The summed E-state index contributed by atoms with van der Waals surface area (Å²) < 4.78 is 16.1. The summed E-state index contributed by atoms with van der Waals surface area (Å²) in [6.07, 6.45) is -2.44. The summed E-state index contributed by atoms with van der Waals surface area (Å²) >= 11 is 0. The Labute approximate surface area is 298 Å². The number of amides is 1. The maximum absolute atomic E-state index is 14.2. The van der Waals surface area contributed by atoms with Crippen molar-refractivity contribution < 1.29 is 58.9 Å². The molecule has 47 heavy (non-hydrogen) atoms. The molecule has 8 nitrogen and oxygen atoms in total. The van der Waals surface area contributed by atoms with E-state index >= 15 is 0 Å². The second-order valence-corrected chi connectivity index (χ2v) is 12.3. The first-order valence-corrected chi connectivity index (χ1v) is 15.6. The summed E-state index contributed by atoms with van der Waals surface area (Å²) in [4.78, 5) is 27.3. The normalized spacial score (nSPS) is 12.5. The fraction of sp³-hybridized carbons (Fsp3) is 0.351. The first-order valence-electron chi connectivity index (χ1n) is 15.6. The van der Waals surface area contributed by atoms with E-state index in [4.69, 9.17) is 0 Å². The molecule has 4 aromatic rings. The number of carbonyl (C=O) groups excluding carboxylic acids is 2. The van der Waals surface area contributed by atoms with Gasteiger partial charge in [0, 0.05) is 48.3 Å². The molecule has 3 N–H and O–H groups in total. The number of hydrogen-bond donors (Lipinski definition) is 3. The van der Waals surface area contributed by atoms with Crippen LogP contribution in [0.5, 0.6) is 0 Å². The molecule has 2 atom stereocenters. The Hall–Kier alpha value is -3.31. The Balaban J connectivity index is 0.00000600. The van der Waals surface area contributed by atoms with Gasteiger partial charge in [-0.3, -0.25) is 4.79 Å². The minimum Gasteiger partial charge on any atom is -0.550 e. The molecular formula is C37H43FN3NaO5. The molecule has 0 aliphatic carbocycles. The summed E-state index contributed by atoms with van der Waals surface area (Å²) in [5.74, 6) is -2.05. The van der Waals surface area contributed by atoms with E-state index in [0.717, 1.165) is 28.9 Å². The number of nitrogens with zero attached hydrogens (tertiary/aromatic N) is 2. The van der Waals surface area contributed by atoms with Crippen molar-refractivity contribution in [1.82, 2.24) is 14.8 Å². The molecule has 0 bridgehead atoms. The van der Waals surface area contributed by atoms with Crippen LogP contribution in [0, 0.1) is 5.82 Å². The van der Waals surface area contributed by atoms with Crippen LogP contribution in [0.4, 0.5) is 4.39 Å². The Morgan fingerprint density at radius 2 is 1.47 bits per heavy atom. The van der Waals surface area contributed by atoms with Crippen LogP contribution < -0.4 is 40.0 Å². The second kappa shape index (κ2) is 17.7. The number of carbonyl (C=O) groups is 2. The SMILES string of the molecule is CC(C)n1c(CCC(O)CC(O)CC(=O)[O-])c(-c2ccc(F)cc2)c(-c2ccccc2)c1C(=O)NCc1ccc(CN(C)C)cc1.[Na+]. The number of aliphatic hydroxyl groups excluding tert-OH is 2. The van der Waals surface area contributed by atoms with Crippen molar-refractivity contribution in [3.05, 3.63) is 107 Å². The Bertz CT molecular complexity index is 1610. The number of halogens is 1. The van der Waals surface area contributed by atoms with Gasteiger partial charge in [-0.15, -0.1) is 0 Å². The first-order chi connectivity index (χ1) is 21.9. The molecule has 10 heteroatoms. The van der Waals surface area contributed by atoms with E-state index in [1.807, 2.05) is 87.1 Å². The maximum atomic E-state index is 14.2. The Morgan fingerprint density at radius 1 is 0.872 bits per heavy atom. The molecule has 4 rings (SSSR count). The fourth-order valence-electron chi connectivity index (χ4n) is 5.89. The number of carboxylic acids is 1. The number of hydrogen-bond acceptors (Lipinski definition) is 6. The van der Waals surface area contributed by atoms with Crippen LogP contribution in [0.2, 0.25) is 0 Å². The van der Waals surface area contributed by atoms with Crippen LogP contribution in [0.15, 0.2) is 78.9 Å². The molecule has 0 radical (unpaired) electrons. The van der Waals surface area contributed by atoms with Crippen molar-refractivity contribution in [2.24, 2.45) is 0 Å². The van der Waals surface area contributed by atoms with E-state index in [1.54, 1.807) is 12.1 Å². The summed E-state index contributed by atoms with van der Waals surface area (Å²) in [6, 6.07) is 23.6. The molecule has 2 unspecified atom stereocenters. The average molecular weight is 652 g/mol. The van der Waals surface area contributed by atoms with Gasteiger partial charge in [-0.05, 0) is 81.6 Å². The molecule has 1 amide bonds. The van der Waals surface area contributed by atoms with Crippen LogP contribution in [-0.4, -0.2) is 57.9 Å². The summed E-state index contributed by atoms with van der Waals surface area (Å²) in [6.45, 7) is 5.09. The van der Waals surface area contributed by atoms with Gasteiger partial charge in [-0.25, -0.2) is 4.39 Å². The van der Waals surface area contributed by atoms with Gasteiger partial charge in [0.15, 0.2) is 0 Å². The van der Waals surface area contributed by atoms with Crippen LogP contribution in [0.1, 0.15) is 66.5 Å². The van der Waals surface area contributed by atoms with Crippen molar-refractivity contribution >= 4 is 11.9 Å². The molecule has 244 valence electrons. The molecule has 1 aromatic heterocycles. The van der Waals surface area contributed by atoms with E-state index < -0.39 is 24.6 Å². The monoisotopic (exact) mass is 651 g/mol. The Morgan fingerprint density at radius 3 is 2.04 bits per heavy atom. The van der Waals surface area contributed by atoms with Crippen molar-refractivity contribution in [2.75, 3.05) is 14.1 Å². The number of nitrogens with one attached hydrogen (secondary N) is 1. The van der Waals surface area contributed by atoms with Crippen LogP contribution >= 0.6 is 0 Å². The molecule has 0 spiro atoms. The van der Waals surface area contributed by atoms with Gasteiger partial charge in [-0.1, -0.05) is 66.7 Å². The minimum atomic E-state index is -1.39. The summed E-state index contributed by atoms with van der Waals surface area (Å²) in [5, 5.41) is 34.9. The zero-order valence-electron chi connectivity index (χ0n) is 27.9. The summed E-state index contributed by atoms with van der Waals surface area (Å²) in [7, 11) is 4.02. The van der Waals surface area contributed by atoms with E-state index in [9.17, 15) is 29.3 Å². The molecule has 0 saturated heterocycles. The standard InChI is InChI=1S/C37H44FN3O5.Na/c1-24(2)41-32(19-18-30(42)20-31(43)21-33(44)45)34(28-14-16-29(38)17-15-28)35(27-8-6-5-7-9-27)36(41)37(46)39-22-25-10-12-26(13-11-25)23-40(3)4;/h5-17,24,30-31,42-43H,18-23H2,1-4H3,(H,39,46)(H,44,45);/q;+1/p-1. The molecule has 0 fully saturated rings. The second-order valence-electron chi connectivity index (χ2n) is 12.3. The van der Waals surface area contributed by atoms with Crippen molar-refractivity contribution in [3.63, 3.8) is 0 Å². The van der Waals surface area contributed by atoms with Crippen molar-refractivity contribution in [1.29, 1.82) is 0 Å². The predicted molar refractivity (Wildman–Crippen MR) is 175 cm³/mol. The smallest absolute Gasteiger partial charge is 0.550 e. The quantitative estimate of drug-likeness (QED) is 0.169. The zero-order chi connectivity index (χ0) is 33.4. The van der Waals surface area contributed by atoms with Gasteiger partial charge >= 0.3 is 29.6 Å². The molecular weight excluding hydrogens is 608 g/mol. The van der Waals surface area contributed by atoms with Crippen LogP contribution in [0.3, 0.4) is 0 Å². The zero-order valence-corrected chi connectivity index (χ0v) is 29.9. The van der Waals surface area contributed by atoms with Gasteiger partial charge in [0.05, 0.1) is 12.2 Å². The fourth-order valence-corrected chi connectivity index (χ4v) is 5.89. The van der Waals surface area contributed by atoms with E-state index in [1.165, 1.54) is 17.7 Å². The van der Waals surface area contributed by atoms with E-state index in [2.05, 4.69) is 10.2 Å². The largest absolute Gasteiger partial charge is 1.00 e. The topological polar surface area (TPSA) is 118 Å². The molecule has 0 saturated carbocycles. The summed E-state index contributed by atoms with van der Waals surface area (Å²) in [5.41, 5.74) is 6.32. The van der Waals surface area contributed by atoms with Gasteiger partial charge < -0.3 is 34.9 Å². The Kier molecular flexibility index (Phi) is 14.4.